The van der Waals surface area contributed by atoms with Crippen LogP contribution in [-0.4, -0.2) is 28.0 Å². The Labute approximate surface area is 126 Å². The number of carbonyl (C=O) groups is 1. The van der Waals surface area contributed by atoms with Gasteiger partial charge in [0, 0.05) is 23.8 Å². The molecule has 20 heavy (non-hydrogen) atoms. The predicted octanol–water partition coefficient (Wildman–Crippen LogP) is 3.17. The summed E-state index contributed by atoms with van der Waals surface area (Å²) in [6.07, 6.45) is 1.78. The molecule has 2 rings (SSSR count). The average molecular weight is 335 g/mol. The molecule has 5 heteroatoms. The van der Waals surface area contributed by atoms with E-state index in [9.17, 15) is 4.79 Å². The molecular formula is C15H15BrN2O2. The number of halogens is 1. The van der Waals surface area contributed by atoms with E-state index in [1.807, 2.05) is 31.3 Å². The first-order valence-electron chi connectivity index (χ1n) is 6.16. The van der Waals surface area contributed by atoms with Crippen LogP contribution in [0.5, 0.6) is 0 Å². The summed E-state index contributed by atoms with van der Waals surface area (Å²) in [4.78, 5) is 17.2. The summed E-state index contributed by atoms with van der Waals surface area (Å²) in [5.41, 5.74) is 2.39. The number of aromatic nitrogens is 1. The van der Waals surface area contributed by atoms with Gasteiger partial charge in [-0.2, -0.15) is 0 Å². The molecule has 4 nitrogen and oxygen atoms in total. The third-order valence-corrected chi connectivity index (χ3v) is 3.34. The van der Waals surface area contributed by atoms with E-state index in [1.54, 1.807) is 18.3 Å². The minimum atomic E-state index is -0.899. The Kier molecular flexibility index (Phi) is 4.87. The van der Waals surface area contributed by atoms with Crippen molar-refractivity contribution in [3.63, 3.8) is 0 Å². The lowest BCUT2D eigenvalue weighted by Crippen LogP contribution is -2.18. The van der Waals surface area contributed by atoms with Crippen LogP contribution >= 0.6 is 15.9 Å². The number of aromatic carboxylic acids is 1. The van der Waals surface area contributed by atoms with Gasteiger partial charge in [-0.15, -0.1) is 0 Å². The zero-order valence-electron chi connectivity index (χ0n) is 11.1. The Bertz CT molecular complexity index is 582. The van der Waals surface area contributed by atoms with Crippen molar-refractivity contribution in [3.05, 3.63) is 63.9 Å². The molecule has 0 aliphatic carbocycles. The summed E-state index contributed by atoms with van der Waals surface area (Å²) in [7, 11) is 2.01. The lowest BCUT2D eigenvalue weighted by atomic mass is 10.1. The first-order valence-corrected chi connectivity index (χ1v) is 6.95. The van der Waals surface area contributed by atoms with Crippen molar-refractivity contribution in [2.24, 2.45) is 0 Å². The van der Waals surface area contributed by atoms with Crippen LogP contribution in [0.15, 0.2) is 47.1 Å². The fraction of sp³-hybridized carbons (Fsp3) is 0.200. The van der Waals surface area contributed by atoms with Gasteiger partial charge in [0.25, 0.3) is 0 Å². The Morgan fingerprint density at radius 2 is 1.90 bits per heavy atom. The SMILES string of the molecule is CN(Cc1ccc(C(=O)O)cc1)Cc1ccc(Br)cn1. The van der Waals surface area contributed by atoms with Gasteiger partial charge in [0.2, 0.25) is 0 Å². The van der Waals surface area contributed by atoms with Gasteiger partial charge in [0.1, 0.15) is 0 Å². The van der Waals surface area contributed by atoms with Crippen molar-refractivity contribution in [3.8, 4) is 0 Å². The average Bonchev–Trinajstić information content (AvgIpc) is 2.42. The minimum absolute atomic E-state index is 0.311. The molecule has 0 radical (unpaired) electrons. The van der Waals surface area contributed by atoms with E-state index < -0.39 is 5.97 Å². The number of carboxylic acid groups (broad SMARTS) is 1. The highest BCUT2D eigenvalue weighted by Gasteiger charge is 2.05. The smallest absolute Gasteiger partial charge is 0.335 e. The van der Waals surface area contributed by atoms with Crippen LogP contribution in [0.2, 0.25) is 0 Å². The van der Waals surface area contributed by atoms with Crippen LogP contribution in [0.4, 0.5) is 0 Å². The second-order valence-corrected chi connectivity index (χ2v) is 5.56. The molecule has 0 spiro atoms. The van der Waals surface area contributed by atoms with Crippen LogP contribution < -0.4 is 0 Å². The fourth-order valence-corrected chi connectivity index (χ4v) is 2.13. The number of carboxylic acids is 1. The van der Waals surface area contributed by atoms with Gasteiger partial charge >= 0.3 is 5.97 Å². The lowest BCUT2D eigenvalue weighted by molar-refractivity contribution is 0.0697. The van der Waals surface area contributed by atoms with E-state index in [-0.39, 0.29) is 0 Å². The van der Waals surface area contributed by atoms with Crippen molar-refractivity contribution in [2.75, 3.05) is 7.05 Å². The maximum atomic E-state index is 10.8. The molecule has 0 saturated carbocycles. The highest BCUT2D eigenvalue weighted by atomic mass is 79.9. The summed E-state index contributed by atoms with van der Waals surface area (Å²) in [5, 5.41) is 8.85. The summed E-state index contributed by atoms with van der Waals surface area (Å²) >= 11 is 3.36. The molecule has 0 fully saturated rings. The Balaban J connectivity index is 1.95. The molecule has 0 atom stereocenters. The van der Waals surface area contributed by atoms with Crippen molar-refractivity contribution in [2.45, 2.75) is 13.1 Å². The number of hydrogen-bond donors (Lipinski definition) is 1. The molecule has 0 bridgehead atoms. The quantitative estimate of drug-likeness (QED) is 0.912. The van der Waals surface area contributed by atoms with Crippen LogP contribution in [-0.2, 0) is 13.1 Å². The number of pyridine rings is 1. The Hall–Kier alpha value is -1.72. The number of nitrogens with zero attached hydrogens (tertiary/aromatic N) is 2. The first-order chi connectivity index (χ1) is 9.54. The topological polar surface area (TPSA) is 53.4 Å². The normalized spacial score (nSPS) is 10.8. The molecule has 0 aliphatic heterocycles. The monoisotopic (exact) mass is 334 g/mol. The van der Waals surface area contributed by atoms with Gasteiger partial charge in [0.15, 0.2) is 0 Å². The maximum Gasteiger partial charge on any atom is 0.335 e. The van der Waals surface area contributed by atoms with E-state index >= 15 is 0 Å². The Morgan fingerprint density at radius 3 is 2.45 bits per heavy atom. The summed E-state index contributed by atoms with van der Waals surface area (Å²) < 4.78 is 0.966. The molecule has 0 saturated heterocycles. The molecule has 0 aliphatic rings. The van der Waals surface area contributed by atoms with E-state index in [0.29, 0.717) is 5.56 Å². The minimum Gasteiger partial charge on any atom is -0.478 e. The van der Waals surface area contributed by atoms with Crippen LogP contribution in [0.3, 0.4) is 0 Å². The van der Waals surface area contributed by atoms with Crippen LogP contribution in [0.25, 0.3) is 0 Å². The van der Waals surface area contributed by atoms with Gasteiger partial charge in [-0.1, -0.05) is 12.1 Å². The fourth-order valence-electron chi connectivity index (χ4n) is 1.90. The van der Waals surface area contributed by atoms with Crippen molar-refractivity contribution in [1.82, 2.24) is 9.88 Å². The molecule has 0 unspecified atom stereocenters. The van der Waals surface area contributed by atoms with E-state index in [4.69, 9.17) is 5.11 Å². The van der Waals surface area contributed by atoms with E-state index in [1.165, 1.54) is 0 Å². The largest absolute Gasteiger partial charge is 0.478 e. The van der Waals surface area contributed by atoms with Crippen molar-refractivity contribution < 1.29 is 9.90 Å². The summed E-state index contributed by atoms with van der Waals surface area (Å²) in [6, 6.07) is 10.9. The third-order valence-electron chi connectivity index (χ3n) is 2.87. The zero-order chi connectivity index (χ0) is 14.5. The standard InChI is InChI=1S/C15H15BrN2O2/c1-18(10-14-7-6-13(16)8-17-14)9-11-2-4-12(5-3-11)15(19)20/h2-8H,9-10H2,1H3,(H,19,20). The van der Waals surface area contributed by atoms with Crippen LogP contribution in [0, 0.1) is 0 Å². The third kappa shape index (κ3) is 4.15. The highest BCUT2D eigenvalue weighted by molar-refractivity contribution is 9.10. The maximum absolute atomic E-state index is 10.8. The molecule has 1 aromatic carbocycles. The van der Waals surface area contributed by atoms with Gasteiger partial charge < -0.3 is 5.11 Å². The van der Waals surface area contributed by atoms with E-state index in [2.05, 4.69) is 25.8 Å². The molecular weight excluding hydrogens is 320 g/mol. The van der Waals surface area contributed by atoms with Gasteiger partial charge in [0.05, 0.1) is 11.3 Å². The first kappa shape index (κ1) is 14.7. The van der Waals surface area contributed by atoms with Crippen molar-refractivity contribution in [1.29, 1.82) is 0 Å². The molecule has 1 heterocycles. The molecule has 1 N–H and O–H groups in total. The zero-order valence-corrected chi connectivity index (χ0v) is 12.7. The van der Waals surface area contributed by atoms with Crippen LogP contribution in [0.1, 0.15) is 21.6 Å². The van der Waals surface area contributed by atoms with Gasteiger partial charge in [-0.05, 0) is 52.8 Å². The van der Waals surface area contributed by atoms with Gasteiger partial charge in [-0.25, -0.2) is 4.79 Å². The second kappa shape index (κ2) is 6.63. The summed E-state index contributed by atoms with van der Waals surface area (Å²) in [6.45, 7) is 1.49. The van der Waals surface area contributed by atoms with Gasteiger partial charge in [-0.3, -0.25) is 9.88 Å². The highest BCUT2D eigenvalue weighted by Crippen LogP contribution is 2.11. The Morgan fingerprint density at radius 1 is 1.20 bits per heavy atom. The van der Waals surface area contributed by atoms with Crippen molar-refractivity contribution >= 4 is 21.9 Å². The number of hydrogen-bond acceptors (Lipinski definition) is 3. The molecule has 104 valence electrons. The number of benzene rings is 1. The molecule has 1 aromatic heterocycles. The number of rotatable bonds is 5. The molecule has 2 aromatic rings. The predicted molar refractivity (Wildman–Crippen MR) is 80.5 cm³/mol. The summed E-state index contributed by atoms with van der Waals surface area (Å²) in [5.74, 6) is -0.899. The second-order valence-electron chi connectivity index (χ2n) is 4.64. The lowest BCUT2D eigenvalue weighted by Gasteiger charge is -2.16. The molecule has 0 amide bonds. The van der Waals surface area contributed by atoms with E-state index in [0.717, 1.165) is 28.8 Å².